The Morgan fingerprint density at radius 1 is 0.818 bits per heavy atom. The number of phenolic OH excluding ortho intramolecular Hbond substituents is 1. The van der Waals surface area contributed by atoms with Gasteiger partial charge in [0, 0.05) is 64.2 Å². The number of aromatic nitrogens is 1. The van der Waals surface area contributed by atoms with E-state index in [1.54, 1.807) is 17.1 Å². The number of aryl methyl sites for hydroxylation is 2. The summed E-state index contributed by atoms with van der Waals surface area (Å²) in [6.45, 7) is 10.1. The lowest BCUT2D eigenvalue weighted by Crippen LogP contribution is -2.54. The fraction of sp³-hybridized carbons (Fsp3) is 0.222. The van der Waals surface area contributed by atoms with E-state index in [1.807, 2.05) is 54.6 Å². The molecule has 222 valence electrons. The van der Waals surface area contributed by atoms with Gasteiger partial charge in [0.15, 0.2) is 0 Å². The normalized spacial score (nSPS) is 14.3. The van der Waals surface area contributed by atoms with Gasteiger partial charge in [0.05, 0.1) is 12.2 Å². The molecular weight excluding hydrogens is 550 g/mol. The van der Waals surface area contributed by atoms with Crippen LogP contribution in [0.3, 0.4) is 0 Å². The minimum Gasteiger partial charge on any atom is -0.506 e. The molecule has 3 heterocycles. The summed E-state index contributed by atoms with van der Waals surface area (Å²) in [5.74, 6) is 1.37. The highest BCUT2D eigenvalue weighted by Gasteiger charge is 2.57. The van der Waals surface area contributed by atoms with Crippen molar-refractivity contribution in [2.24, 2.45) is 0 Å². The number of aromatic hydroxyl groups is 1. The Morgan fingerprint density at radius 2 is 1.48 bits per heavy atom. The summed E-state index contributed by atoms with van der Waals surface area (Å²) in [7, 11) is 0. The number of hydrogen-bond acceptors (Lipinski definition) is 7. The molecule has 7 rings (SSSR count). The zero-order valence-corrected chi connectivity index (χ0v) is 25.3. The summed E-state index contributed by atoms with van der Waals surface area (Å²) in [5, 5.41) is 20.0. The molecule has 8 heteroatoms. The maximum absolute atomic E-state index is 14.4. The number of anilines is 2. The molecule has 2 aliphatic rings. The molecule has 5 aromatic rings. The SMILES string of the molecule is CCNc1cc2c(cc1C)C1(c3cc(C)c(NCC)cc3O2)c2ccccc2C(=O)N1NCc1ccc2cccc(O)c2n1. The van der Waals surface area contributed by atoms with Crippen molar-refractivity contribution >= 4 is 28.2 Å². The number of carbonyl (C=O) groups excluding carboxylic acids is 1. The van der Waals surface area contributed by atoms with Crippen molar-refractivity contribution in [1.82, 2.24) is 15.4 Å². The van der Waals surface area contributed by atoms with Crippen LogP contribution in [0.4, 0.5) is 11.4 Å². The number of ether oxygens (including phenoxy) is 1. The van der Waals surface area contributed by atoms with E-state index in [4.69, 9.17) is 9.72 Å². The molecule has 0 aliphatic carbocycles. The molecule has 44 heavy (non-hydrogen) atoms. The van der Waals surface area contributed by atoms with E-state index < -0.39 is 5.54 Å². The lowest BCUT2D eigenvalue weighted by Gasteiger charge is -2.44. The number of amides is 1. The van der Waals surface area contributed by atoms with Crippen LogP contribution in [0.25, 0.3) is 10.9 Å². The lowest BCUT2D eigenvalue weighted by molar-refractivity contribution is 0.0497. The van der Waals surface area contributed by atoms with E-state index in [9.17, 15) is 9.90 Å². The molecule has 0 saturated heterocycles. The molecule has 1 aromatic heterocycles. The Balaban J connectivity index is 1.45. The molecule has 0 fully saturated rings. The Labute approximate surface area is 256 Å². The third kappa shape index (κ3) is 4.09. The number of fused-ring (bicyclic) bond motifs is 7. The van der Waals surface area contributed by atoms with Crippen LogP contribution in [0.2, 0.25) is 0 Å². The molecule has 8 nitrogen and oxygen atoms in total. The minimum atomic E-state index is -1.01. The zero-order valence-electron chi connectivity index (χ0n) is 25.3. The van der Waals surface area contributed by atoms with Crippen LogP contribution in [-0.4, -0.2) is 34.1 Å². The molecule has 0 unspecified atom stereocenters. The molecular formula is C36H35N5O3. The smallest absolute Gasteiger partial charge is 0.269 e. The molecule has 4 N–H and O–H groups in total. The molecule has 4 aromatic carbocycles. The van der Waals surface area contributed by atoms with Gasteiger partial charge in [0.25, 0.3) is 5.91 Å². The number of nitrogens with zero attached hydrogens (tertiary/aromatic N) is 2. The van der Waals surface area contributed by atoms with E-state index in [0.29, 0.717) is 28.3 Å². The van der Waals surface area contributed by atoms with Crippen LogP contribution in [-0.2, 0) is 12.1 Å². The highest BCUT2D eigenvalue weighted by molar-refractivity contribution is 6.02. The van der Waals surface area contributed by atoms with Gasteiger partial charge in [-0.3, -0.25) is 9.80 Å². The second-order valence-electron chi connectivity index (χ2n) is 11.4. The van der Waals surface area contributed by atoms with Gasteiger partial charge < -0.3 is 20.5 Å². The van der Waals surface area contributed by atoms with Gasteiger partial charge >= 0.3 is 0 Å². The second-order valence-corrected chi connectivity index (χ2v) is 11.4. The Hall–Kier alpha value is -5.08. The standard InChI is InChI=1S/C36H35N5O3/c1-5-37-29-18-32-27(16-21(29)3)36(28-17-22(4)30(38-6-2)19-33(28)44-32)26-12-8-7-11-25(26)35(43)41(36)39-20-24-15-14-23-10-9-13-31(42)34(23)40-24/h7-19,37-39,42H,5-6,20H2,1-4H3. The van der Waals surface area contributed by atoms with Gasteiger partial charge in [-0.2, -0.15) is 0 Å². The van der Waals surface area contributed by atoms with Crippen molar-refractivity contribution in [3.8, 4) is 17.2 Å². The topological polar surface area (TPSA) is 98.8 Å². The van der Waals surface area contributed by atoms with Crippen LogP contribution in [0.5, 0.6) is 17.2 Å². The lowest BCUT2D eigenvalue weighted by atomic mass is 9.74. The Morgan fingerprint density at radius 3 is 2.14 bits per heavy atom. The highest BCUT2D eigenvalue weighted by atomic mass is 16.5. The van der Waals surface area contributed by atoms with Crippen molar-refractivity contribution in [2.75, 3.05) is 23.7 Å². The van der Waals surface area contributed by atoms with E-state index in [2.05, 4.69) is 55.9 Å². The molecule has 0 bridgehead atoms. The largest absolute Gasteiger partial charge is 0.506 e. The van der Waals surface area contributed by atoms with Crippen LogP contribution in [0.1, 0.15) is 57.7 Å². The van der Waals surface area contributed by atoms with Crippen LogP contribution in [0.15, 0.2) is 78.9 Å². The number of rotatable bonds is 7. The first kappa shape index (κ1) is 27.7. The van der Waals surface area contributed by atoms with Crippen molar-refractivity contribution in [1.29, 1.82) is 0 Å². The van der Waals surface area contributed by atoms with E-state index in [-0.39, 0.29) is 18.2 Å². The Bertz CT molecular complexity index is 1890. The maximum Gasteiger partial charge on any atom is 0.269 e. The van der Waals surface area contributed by atoms with Gasteiger partial charge in [-0.05, 0) is 69.2 Å². The van der Waals surface area contributed by atoms with Crippen molar-refractivity contribution in [3.63, 3.8) is 0 Å². The first-order valence-corrected chi connectivity index (χ1v) is 15.1. The molecule has 0 radical (unpaired) electrons. The third-order valence-electron chi connectivity index (χ3n) is 8.65. The summed E-state index contributed by atoms with van der Waals surface area (Å²) in [6.07, 6.45) is 0. The van der Waals surface area contributed by atoms with Crippen molar-refractivity contribution < 1.29 is 14.6 Å². The fourth-order valence-corrected chi connectivity index (χ4v) is 6.67. The maximum atomic E-state index is 14.4. The van der Waals surface area contributed by atoms with E-state index >= 15 is 0 Å². The van der Waals surface area contributed by atoms with Crippen LogP contribution in [0, 0.1) is 13.8 Å². The van der Waals surface area contributed by atoms with Gasteiger partial charge in [-0.1, -0.05) is 36.4 Å². The first-order valence-electron chi connectivity index (χ1n) is 15.1. The second kappa shape index (κ2) is 10.6. The number of hydrogen-bond donors (Lipinski definition) is 4. The zero-order chi connectivity index (χ0) is 30.6. The number of benzene rings is 4. The summed E-state index contributed by atoms with van der Waals surface area (Å²) in [4.78, 5) is 19.2. The number of pyridine rings is 1. The molecule has 0 atom stereocenters. The minimum absolute atomic E-state index is 0.122. The van der Waals surface area contributed by atoms with Crippen molar-refractivity contribution in [2.45, 2.75) is 39.8 Å². The molecule has 1 amide bonds. The van der Waals surface area contributed by atoms with Gasteiger partial charge in [-0.25, -0.2) is 10.4 Å². The van der Waals surface area contributed by atoms with Gasteiger partial charge in [0.2, 0.25) is 0 Å². The number of hydrazine groups is 1. The van der Waals surface area contributed by atoms with Crippen molar-refractivity contribution in [3.05, 3.63) is 118 Å². The van der Waals surface area contributed by atoms with Crippen LogP contribution >= 0.6 is 0 Å². The number of para-hydroxylation sites is 1. The predicted molar refractivity (Wildman–Crippen MR) is 174 cm³/mol. The van der Waals surface area contributed by atoms with Gasteiger partial charge in [0.1, 0.15) is 28.3 Å². The quantitative estimate of drug-likeness (QED) is 0.164. The fourth-order valence-electron chi connectivity index (χ4n) is 6.67. The Kier molecular flexibility index (Phi) is 6.66. The summed E-state index contributed by atoms with van der Waals surface area (Å²) < 4.78 is 6.69. The average molecular weight is 586 g/mol. The third-order valence-corrected chi connectivity index (χ3v) is 8.65. The molecule has 0 saturated carbocycles. The summed E-state index contributed by atoms with van der Waals surface area (Å²) in [6, 6.07) is 25.4. The number of nitrogens with one attached hydrogen (secondary N) is 3. The number of carbonyl (C=O) groups is 1. The van der Waals surface area contributed by atoms with E-state index in [0.717, 1.165) is 57.7 Å². The molecule has 2 aliphatic heterocycles. The predicted octanol–water partition coefficient (Wildman–Crippen LogP) is 6.98. The first-order chi connectivity index (χ1) is 21.4. The monoisotopic (exact) mass is 585 g/mol. The van der Waals surface area contributed by atoms with Gasteiger partial charge in [-0.15, -0.1) is 0 Å². The average Bonchev–Trinajstić information content (AvgIpc) is 3.26. The highest BCUT2D eigenvalue weighted by Crippen LogP contribution is 2.58. The summed E-state index contributed by atoms with van der Waals surface area (Å²) >= 11 is 0. The molecule has 1 spiro atoms. The van der Waals surface area contributed by atoms with Crippen LogP contribution < -0.4 is 20.8 Å². The van der Waals surface area contributed by atoms with E-state index in [1.165, 1.54) is 0 Å². The summed E-state index contributed by atoms with van der Waals surface area (Å²) in [5.41, 5.74) is 11.1. The number of phenols is 1.